The number of carbonyl (C=O) groups excluding carboxylic acids is 1. The second-order valence-electron chi connectivity index (χ2n) is 12.4. The average molecular weight is 467 g/mol. The Kier molecular flexibility index (Phi) is 7.20. The van der Waals surface area contributed by atoms with Gasteiger partial charge < -0.3 is 15.3 Å². The van der Waals surface area contributed by atoms with Crippen LogP contribution >= 0.6 is 0 Å². The maximum Gasteiger partial charge on any atom is 0.224 e. The maximum atomic E-state index is 12.6. The quantitative estimate of drug-likeness (QED) is 0.453. The number of nitrogens with one attached hydrogen (secondary N) is 1. The zero-order valence-electron chi connectivity index (χ0n) is 22.3. The number of carbonyl (C=O) groups is 1. The molecule has 2 saturated carbocycles. The van der Waals surface area contributed by atoms with Gasteiger partial charge in [-0.05, 0) is 111 Å². The lowest BCUT2D eigenvalue weighted by molar-refractivity contribution is -0.149. The van der Waals surface area contributed by atoms with E-state index in [0.29, 0.717) is 23.7 Å². The molecule has 4 heteroatoms. The lowest BCUT2D eigenvalue weighted by Gasteiger charge is -2.62. The predicted molar refractivity (Wildman–Crippen MR) is 142 cm³/mol. The first-order valence-electron chi connectivity index (χ1n) is 13.5. The van der Waals surface area contributed by atoms with E-state index in [1.807, 2.05) is 38.4 Å². The number of aliphatic hydroxyl groups excluding tert-OH is 1. The van der Waals surface area contributed by atoms with Crippen LogP contribution in [-0.4, -0.2) is 31.2 Å². The Bertz CT molecular complexity index is 916. The van der Waals surface area contributed by atoms with E-state index in [0.717, 1.165) is 43.0 Å². The first-order valence-corrected chi connectivity index (χ1v) is 13.5. The monoisotopic (exact) mass is 466 g/mol. The summed E-state index contributed by atoms with van der Waals surface area (Å²) in [4.78, 5) is 14.7. The summed E-state index contributed by atoms with van der Waals surface area (Å²) in [5, 5.41) is 13.8. The van der Waals surface area contributed by atoms with Crippen molar-refractivity contribution < 1.29 is 9.90 Å². The second-order valence-corrected chi connectivity index (χ2v) is 12.4. The molecular weight excluding hydrogens is 420 g/mol. The number of hydrogen-bond acceptors (Lipinski definition) is 3. The van der Waals surface area contributed by atoms with E-state index in [9.17, 15) is 9.90 Å². The minimum Gasteiger partial charge on any atom is -0.393 e. The van der Waals surface area contributed by atoms with E-state index in [4.69, 9.17) is 0 Å². The fraction of sp³-hybridized carbons (Fsp3) is 0.700. The molecule has 5 atom stereocenters. The summed E-state index contributed by atoms with van der Waals surface area (Å²) in [6.07, 6.45) is 9.44. The standard InChI is InChI=1S/C30H46N2O2/c1-20-10-16-25-24(15-17-26-29(2,3)27(33)18-19-30(25,26)4)23(20)8-7-9-28(34)31-21-11-13-22(14-12-21)32(5)6/h11-14,24-27,33H,7-10,15-19H2,1-6H3,(H,31,34)/t24-,25-,26-,27-,30+/m0/s1. The van der Waals surface area contributed by atoms with Crippen LogP contribution in [0.1, 0.15) is 85.5 Å². The third-order valence-electron chi connectivity index (χ3n) is 9.95. The number of nitrogens with zero attached hydrogens (tertiary/aromatic N) is 1. The van der Waals surface area contributed by atoms with Crippen LogP contribution in [0.25, 0.3) is 0 Å². The fourth-order valence-electron chi connectivity index (χ4n) is 7.93. The molecule has 34 heavy (non-hydrogen) atoms. The zero-order chi connectivity index (χ0) is 24.7. The SMILES string of the molecule is CC1=C(CCCC(=O)Nc2ccc(N(C)C)cc2)[C@@H]2CC[C@H]3C(C)(C)[C@@H](O)CC[C@]3(C)[C@H]2CC1. The maximum absolute atomic E-state index is 12.6. The highest BCUT2D eigenvalue weighted by Gasteiger charge is 2.58. The third kappa shape index (κ3) is 4.67. The van der Waals surface area contributed by atoms with E-state index >= 15 is 0 Å². The molecule has 3 aliphatic carbocycles. The summed E-state index contributed by atoms with van der Waals surface area (Å²) in [6, 6.07) is 8.03. The van der Waals surface area contributed by atoms with Gasteiger partial charge in [-0.3, -0.25) is 4.79 Å². The van der Waals surface area contributed by atoms with Crippen LogP contribution in [0, 0.1) is 28.6 Å². The molecule has 0 saturated heterocycles. The van der Waals surface area contributed by atoms with Crippen molar-refractivity contribution >= 4 is 17.3 Å². The molecule has 0 unspecified atom stereocenters. The molecule has 1 aromatic rings. The number of amides is 1. The number of benzene rings is 1. The van der Waals surface area contributed by atoms with Crippen LogP contribution in [0.4, 0.5) is 11.4 Å². The van der Waals surface area contributed by atoms with Gasteiger partial charge in [-0.15, -0.1) is 0 Å². The normalized spacial score (nSPS) is 32.6. The molecule has 1 aromatic carbocycles. The van der Waals surface area contributed by atoms with Crippen molar-refractivity contribution in [3.05, 3.63) is 35.4 Å². The van der Waals surface area contributed by atoms with Crippen LogP contribution in [0.2, 0.25) is 0 Å². The summed E-state index contributed by atoms with van der Waals surface area (Å²) >= 11 is 0. The fourth-order valence-corrected chi connectivity index (χ4v) is 7.93. The molecule has 0 radical (unpaired) electrons. The van der Waals surface area contributed by atoms with Gasteiger partial charge in [-0.25, -0.2) is 0 Å². The number of anilines is 2. The molecule has 4 nitrogen and oxygen atoms in total. The van der Waals surface area contributed by atoms with Crippen molar-refractivity contribution in [1.82, 2.24) is 0 Å². The molecule has 2 N–H and O–H groups in total. The molecule has 3 aliphatic rings. The Labute approximate surface area is 207 Å². The number of fused-ring (bicyclic) bond motifs is 3. The van der Waals surface area contributed by atoms with Crippen molar-refractivity contribution in [2.75, 3.05) is 24.3 Å². The second kappa shape index (κ2) is 9.68. The van der Waals surface area contributed by atoms with Crippen molar-refractivity contribution in [3.63, 3.8) is 0 Å². The molecular formula is C30H46N2O2. The number of rotatable bonds is 6. The Balaban J connectivity index is 1.37. The number of hydrogen-bond donors (Lipinski definition) is 2. The summed E-state index contributed by atoms with van der Waals surface area (Å²) in [7, 11) is 4.04. The van der Waals surface area contributed by atoms with Gasteiger partial charge in [0.15, 0.2) is 0 Å². The van der Waals surface area contributed by atoms with Gasteiger partial charge in [-0.2, -0.15) is 0 Å². The van der Waals surface area contributed by atoms with Crippen LogP contribution in [0.15, 0.2) is 35.4 Å². The van der Waals surface area contributed by atoms with Crippen molar-refractivity contribution in [2.45, 2.75) is 91.6 Å². The van der Waals surface area contributed by atoms with Gasteiger partial charge in [0, 0.05) is 31.9 Å². The summed E-state index contributed by atoms with van der Waals surface area (Å²) < 4.78 is 0. The first kappa shape index (κ1) is 25.3. The molecule has 0 heterocycles. The van der Waals surface area contributed by atoms with Crippen molar-refractivity contribution in [2.24, 2.45) is 28.6 Å². The van der Waals surface area contributed by atoms with Crippen LogP contribution in [0.5, 0.6) is 0 Å². The largest absolute Gasteiger partial charge is 0.393 e. The van der Waals surface area contributed by atoms with Crippen molar-refractivity contribution in [3.8, 4) is 0 Å². The minimum absolute atomic E-state index is 0.0111. The topological polar surface area (TPSA) is 52.6 Å². The summed E-state index contributed by atoms with van der Waals surface area (Å²) in [6.45, 7) is 9.48. The first-order chi connectivity index (χ1) is 16.0. The van der Waals surface area contributed by atoms with Gasteiger partial charge in [0.25, 0.3) is 0 Å². The van der Waals surface area contributed by atoms with E-state index in [1.54, 1.807) is 11.1 Å². The molecule has 2 fully saturated rings. The Morgan fingerprint density at radius 2 is 1.79 bits per heavy atom. The molecule has 4 rings (SSSR count). The molecule has 188 valence electrons. The molecule has 1 amide bonds. The van der Waals surface area contributed by atoms with E-state index < -0.39 is 0 Å². The van der Waals surface area contributed by atoms with Gasteiger partial charge in [-0.1, -0.05) is 31.9 Å². The number of aliphatic hydroxyl groups is 1. The minimum atomic E-state index is -0.167. The average Bonchev–Trinajstić information content (AvgIpc) is 2.78. The Morgan fingerprint density at radius 1 is 1.09 bits per heavy atom. The smallest absolute Gasteiger partial charge is 0.224 e. The van der Waals surface area contributed by atoms with Gasteiger partial charge >= 0.3 is 0 Å². The molecule has 0 aromatic heterocycles. The summed E-state index contributed by atoms with van der Waals surface area (Å²) in [5.41, 5.74) is 5.58. The van der Waals surface area contributed by atoms with Gasteiger partial charge in [0.05, 0.1) is 6.10 Å². The highest BCUT2D eigenvalue weighted by Crippen LogP contribution is 2.64. The lowest BCUT2D eigenvalue weighted by atomic mass is 9.43. The van der Waals surface area contributed by atoms with E-state index in [-0.39, 0.29) is 17.4 Å². The zero-order valence-corrected chi connectivity index (χ0v) is 22.3. The van der Waals surface area contributed by atoms with E-state index in [2.05, 4.69) is 37.9 Å². The van der Waals surface area contributed by atoms with Gasteiger partial charge in [0.2, 0.25) is 5.91 Å². The Morgan fingerprint density at radius 3 is 2.47 bits per heavy atom. The third-order valence-corrected chi connectivity index (χ3v) is 9.95. The number of allylic oxidation sites excluding steroid dienone is 2. The van der Waals surface area contributed by atoms with Crippen LogP contribution in [0.3, 0.4) is 0 Å². The van der Waals surface area contributed by atoms with Gasteiger partial charge in [0.1, 0.15) is 0 Å². The summed E-state index contributed by atoms with van der Waals surface area (Å²) in [5.74, 6) is 2.11. The van der Waals surface area contributed by atoms with Crippen LogP contribution in [-0.2, 0) is 4.79 Å². The lowest BCUT2D eigenvalue weighted by Crippen LogP contribution is -2.56. The van der Waals surface area contributed by atoms with Crippen molar-refractivity contribution in [1.29, 1.82) is 0 Å². The predicted octanol–water partition coefficient (Wildman–Crippen LogP) is 6.80. The Hall–Kier alpha value is -1.81. The molecule has 0 spiro atoms. The molecule has 0 bridgehead atoms. The molecule has 0 aliphatic heterocycles. The highest BCUT2D eigenvalue weighted by atomic mass is 16.3. The van der Waals surface area contributed by atoms with E-state index in [1.165, 1.54) is 25.7 Å². The highest BCUT2D eigenvalue weighted by molar-refractivity contribution is 5.90. The van der Waals surface area contributed by atoms with Crippen LogP contribution < -0.4 is 10.2 Å².